The van der Waals surface area contributed by atoms with Crippen molar-refractivity contribution < 1.29 is 9.90 Å². The van der Waals surface area contributed by atoms with Crippen LogP contribution in [0.4, 0.5) is 5.69 Å². The number of anilines is 1. The first-order valence-electron chi connectivity index (χ1n) is 7.24. The van der Waals surface area contributed by atoms with Crippen molar-refractivity contribution in [2.24, 2.45) is 5.41 Å². The van der Waals surface area contributed by atoms with Gasteiger partial charge in [0.15, 0.2) is 0 Å². The number of β-amino-alcohol motifs (C(OH)–C–C–N with tert-alkyl or cyclic N) is 1. The van der Waals surface area contributed by atoms with E-state index in [0.717, 1.165) is 25.1 Å². The number of piperidine rings is 1. The minimum Gasteiger partial charge on any atom is -0.392 e. The van der Waals surface area contributed by atoms with E-state index >= 15 is 0 Å². The number of aliphatic hydroxyl groups is 1. The Labute approximate surface area is 120 Å². The van der Waals surface area contributed by atoms with Gasteiger partial charge in [0.2, 0.25) is 5.91 Å². The van der Waals surface area contributed by atoms with Crippen molar-refractivity contribution in [1.29, 1.82) is 0 Å². The van der Waals surface area contributed by atoms with Crippen LogP contribution in [-0.2, 0) is 4.79 Å². The second kappa shape index (κ2) is 6.37. The van der Waals surface area contributed by atoms with Crippen molar-refractivity contribution in [2.75, 3.05) is 25.0 Å². The molecule has 1 fully saturated rings. The van der Waals surface area contributed by atoms with Crippen LogP contribution in [0.15, 0.2) is 30.3 Å². The summed E-state index contributed by atoms with van der Waals surface area (Å²) in [5, 5.41) is 12.7. The second-order valence-corrected chi connectivity index (χ2v) is 6.24. The molecule has 20 heavy (non-hydrogen) atoms. The predicted octanol–water partition coefficient (Wildman–Crippen LogP) is 2.11. The van der Waals surface area contributed by atoms with E-state index in [-0.39, 0.29) is 12.0 Å². The lowest BCUT2D eigenvalue weighted by molar-refractivity contribution is -0.125. The van der Waals surface area contributed by atoms with Gasteiger partial charge in [-0.25, -0.2) is 0 Å². The number of hydrogen-bond donors (Lipinski definition) is 2. The molecule has 1 amide bonds. The molecule has 2 N–H and O–H groups in total. The molecule has 0 saturated carbocycles. The molecule has 4 heteroatoms. The lowest BCUT2D eigenvalue weighted by Crippen LogP contribution is -2.47. The third-order valence-electron chi connectivity index (χ3n) is 3.75. The first-order chi connectivity index (χ1) is 9.47. The average molecular weight is 276 g/mol. The molecule has 1 atom stereocenters. The molecule has 1 saturated heterocycles. The number of benzene rings is 1. The molecule has 0 bridgehead atoms. The quantitative estimate of drug-likeness (QED) is 0.885. The van der Waals surface area contributed by atoms with Gasteiger partial charge in [0, 0.05) is 18.8 Å². The summed E-state index contributed by atoms with van der Waals surface area (Å²) < 4.78 is 0. The Bertz CT molecular complexity index is 445. The molecule has 4 nitrogen and oxygen atoms in total. The highest BCUT2D eigenvalue weighted by atomic mass is 16.3. The van der Waals surface area contributed by atoms with Crippen molar-refractivity contribution in [2.45, 2.75) is 32.8 Å². The van der Waals surface area contributed by atoms with Gasteiger partial charge < -0.3 is 10.4 Å². The van der Waals surface area contributed by atoms with Gasteiger partial charge in [-0.3, -0.25) is 9.69 Å². The molecule has 1 aromatic carbocycles. The summed E-state index contributed by atoms with van der Waals surface area (Å²) in [6.45, 7) is 6.20. The lowest BCUT2D eigenvalue weighted by atomic mass is 9.90. The van der Waals surface area contributed by atoms with E-state index in [1.165, 1.54) is 0 Å². The van der Waals surface area contributed by atoms with Gasteiger partial charge >= 0.3 is 0 Å². The van der Waals surface area contributed by atoms with Crippen LogP contribution in [0.5, 0.6) is 0 Å². The fraction of sp³-hybridized carbons (Fsp3) is 0.562. The highest BCUT2D eigenvalue weighted by Gasteiger charge is 2.31. The molecule has 1 unspecified atom stereocenters. The van der Waals surface area contributed by atoms with Crippen LogP contribution in [-0.4, -0.2) is 41.7 Å². The summed E-state index contributed by atoms with van der Waals surface area (Å²) in [7, 11) is 0. The standard InChI is InChI=1S/C16H24N2O2/c1-16(2,12-18-10-6-9-14(19)11-18)15(20)17-13-7-4-3-5-8-13/h3-5,7-8,14,19H,6,9-12H2,1-2H3,(H,17,20). The maximum absolute atomic E-state index is 12.4. The van der Waals surface area contributed by atoms with Crippen molar-refractivity contribution in [3.63, 3.8) is 0 Å². The maximum Gasteiger partial charge on any atom is 0.231 e. The number of para-hydroxylation sites is 1. The normalized spacial score (nSPS) is 20.6. The van der Waals surface area contributed by atoms with E-state index in [1.54, 1.807) is 0 Å². The van der Waals surface area contributed by atoms with Crippen molar-refractivity contribution in [1.82, 2.24) is 4.90 Å². The SMILES string of the molecule is CC(C)(CN1CCCC(O)C1)C(=O)Nc1ccccc1. The summed E-state index contributed by atoms with van der Waals surface area (Å²) >= 11 is 0. The van der Waals surface area contributed by atoms with E-state index in [9.17, 15) is 9.90 Å². The van der Waals surface area contributed by atoms with Gasteiger partial charge in [0.25, 0.3) is 0 Å². The van der Waals surface area contributed by atoms with E-state index in [2.05, 4.69) is 10.2 Å². The van der Waals surface area contributed by atoms with Crippen molar-refractivity contribution in [3.05, 3.63) is 30.3 Å². The predicted molar refractivity (Wildman–Crippen MR) is 80.5 cm³/mol. The number of aliphatic hydroxyl groups excluding tert-OH is 1. The van der Waals surface area contributed by atoms with Crippen LogP contribution in [0.2, 0.25) is 0 Å². The first-order valence-corrected chi connectivity index (χ1v) is 7.24. The number of carbonyl (C=O) groups excluding carboxylic acids is 1. The molecule has 1 aliphatic heterocycles. The fourth-order valence-electron chi connectivity index (χ4n) is 2.63. The molecular formula is C16H24N2O2. The Kier molecular flexibility index (Phi) is 4.78. The van der Waals surface area contributed by atoms with Gasteiger partial charge in [-0.1, -0.05) is 18.2 Å². The van der Waals surface area contributed by atoms with Gasteiger partial charge in [-0.05, 0) is 45.4 Å². The highest BCUT2D eigenvalue weighted by molar-refractivity contribution is 5.94. The Morgan fingerprint density at radius 1 is 1.40 bits per heavy atom. The van der Waals surface area contributed by atoms with Crippen LogP contribution in [0.1, 0.15) is 26.7 Å². The molecule has 0 radical (unpaired) electrons. The molecule has 2 rings (SSSR count). The van der Waals surface area contributed by atoms with Crippen LogP contribution < -0.4 is 5.32 Å². The molecule has 1 aliphatic rings. The number of likely N-dealkylation sites (tertiary alicyclic amines) is 1. The zero-order chi connectivity index (χ0) is 14.6. The lowest BCUT2D eigenvalue weighted by Gasteiger charge is -2.35. The van der Waals surface area contributed by atoms with E-state index in [4.69, 9.17) is 0 Å². The zero-order valence-electron chi connectivity index (χ0n) is 12.3. The minimum atomic E-state index is -0.479. The number of carbonyl (C=O) groups is 1. The van der Waals surface area contributed by atoms with Crippen molar-refractivity contribution in [3.8, 4) is 0 Å². The van der Waals surface area contributed by atoms with E-state index < -0.39 is 5.41 Å². The Morgan fingerprint density at radius 2 is 2.10 bits per heavy atom. The van der Waals surface area contributed by atoms with Gasteiger partial charge in [0.05, 0.1) is 11.5 Å². The number of amides is 1. The number of nitrogens with zero attached hydrogens (tertiary/aromatic N) is 1. The largest absolute Gasteiger partial charge is 0.392 e. The Morgan fingerprint density at radius 3 is 2.75 bits per heavy atom. The average Bonchev–Trinajstić information content (AvgIpc) is 2.39. The maximum atomic E-state index is 12.4. The summed E-state index contributed by atoms with van der Waals surface area (Å²) in [6, 6.07) is 9.51. The van der Waals surface area contributed by atoms with Crippen LogP contribution in [0.3, 0.4) is 0 Å². The molecule has 110 valence electrons. The fourth-order valence-corrected chi connectivity index (χ4v) is 2.63. The van der Waals surface area contributed by atoms with Crippen LogP contribution in [0.25, 0.3) is 0 Å². The minimum absolute atomic E-state index is 0.0174. The summed E-state index contributed by atoms with van der Waals surface area (Å²) in [4.78, 5) is 14.6. The molecular weight excluding hydrogens is 252 g/mol. The Balaban J connectivity index is 1.93. The number of rotatable bonds is 4. The third-order valence-corrected chi connectivity index (χ3v) is 3.75. The highest BCUT2D eigenvalue weighted by Crippen LogP contribution is 2.22. The third kappa shape index (κ3) is 4.05. The Hall–Kier alpha value is -1.39. The summed E-state index contributed by atoms with van der Waals surface area (Å²) in [6.07, 6.45) is 1.61. The van der Waals surface area contributed by atoms with Gasteiger partial charge in [-0.2, -0.15) is 0 Å². The van der Waals surface area contributed by atoms with Crippen LogP contribution in [0, 0.1) is 5.41 Å². The smallest absolute Gasteiger partial charge is 0.231 e. The first kappa shape index (κ1) is 15.0. The van der Waals surface area contributed by atoms with Gasteiger partial charge in [-0.15, -0.1) is 0 Å². The van der Waals surface area contributed by atoms with E-state index in [1.807, 2.05) is 44.2 Å². The monoisotopic (exact) mass is 276 g/mol. The summed E-state index contributed by atoms with van der Waals surface area (Å²) in [5.41, 5.74) is 0.344. The second-order valence-electron chi connectivity index (χ2n) is 6.24. The van der Waals surface area contributed by atoms with Gasteiger partial charge in [0.1, 0.15) is 0 Å². The zero-order valence-corrected chi connectivity index (χ0v) is 12.3. The topological polar surface area (TPSA) is 52.6 Å². The molecule has 0 spiro atoms. The van der Waals surface area contributed by atoms with Crippen molar-refractivity contribution >= 4 is 11.6 Å². The molecule has 0 aliphatic carbocycles. The molecule has 0 aromatic heterocycles. The number of nitrogens with one attached hydrogen (secondary N) is 1. The molecule has 1 aromatic rings. The summed E-state index contributed by atoms with van der Waals surface area (Å²) in [5.74, 6) is 0.0174. The van der Waals surface area contributed by atoms with E-state index in [0.29, 0.717) is 13.1 Å². The number of hydrogen-bond acceptors (Lipinski definition) is 3. The molecule has 1 heterocycles. The van der Waals surface area contributed by atoms with Crippen LogP contribution >= 0.6 is 0 Å².